The maximum atomic E-state index is 12.7. The molecule has 2 heterocycles. The van der Waals surface area contributed by atoms with Crippen molar-refractivity contribution >= 4 is 29.1 Å². The van der Waals surface area contributed by atoms with E-state index in [4.69, 9.17) is 0 Å². The van der Waals surface area contributed by atoms with Crippen LogP contribution in [-0.2, 0) is 11.0 Å². The lowest BCUT2D eigenvalue weighted by Gasteiger charge is -2.11. The number of alkyl halides is 3. The van der Waals surface area contributed by atoms with Crippen molar-refractivity contribution in [3.63, 3.8) is 0 Å². The first-order valence-corrected chi connectivity index (χ1v) is 10.9. The van der Waals surface area contributed by atoms with Gasteiger partial charge in [0.1, 0.15) is 5.82 Å². The van der Waals surface area contributed by atoms with Crippen molar-refractivity contribution < 1.29 is 22.8 Å². The minimum absolute atomic E-state index is 0.152. The fraction of sp³-hybridized carbons (Fsp3) is 0.120. The minimum atomic E-state index is -4.45. The number of aromatic amines is 1. The van der Waals surface area contributed by atoms with Crippen molar-refractivity contribution in [3.8, 4) is 22.4 Å². The van der Waals surface area contributed by atoms with Crippen molar-refractivity contribution in [2.45, 2.75) is 19.5 Å². The smallest absolute Gasteiger partial charge is 0.311 e. The molecule has 0 unspecified atom stereocenters. The molecule has 36 heavy (non-hydrogen) atoms. The monoisotopic (exact) mass is 494 g/mol. The van der Waals surface area contributed by atoms with E-state index in [1.165, 1.54) is 12.1 Å². The molecule has 184 valence electrons. The largest absolute Gasteiger partial charge is 0.416 e. The molecule has 0 aliphatic carbocycles. The van der Waals surface area contributed by atoms with Gasteiger partial charge in [0.05, 0.1) is 17.5 Å². The number of H-pyrrole nitrogens is 1. The quantitative estimate of drug-likeness (QED) is 0.258. The van der Waals surface area contributed by atoms with E-state index in [9.17, 15) is 22.8 Å². The van der Waals surface area contributed by atoms with E-state index in [-0.39, 0.29) is 11.6 Å². The van der Waals surface area contributed by atoms with Crippen molar-refractivity contribution in [1.29, 1.82) is 0 Å². The first-order chi connectivity index (χ1) is 17.2. The fourth-order valence-electron chi connectivity index (χ4n) is 3.41. The van der Waals surface area contributed by atoms with E-state index in [1.807, 2.05) is 6.07 Å². The maximum absolute atomic E-state index is 12.7. The average molecular weight is 494 g/mol. The number of nitrogens with one attached hydrogen (secondary N) is 4. The first-order valence-electron chi connectivity index (χ1n) is 10.9. The maximum Gasteiger partial charge on any atom is 0.416 e. The fourth-order valence-corrected chi connectivity index (χ4v) is 3.41. The Hall–Kier alpha value is -4.67. The number of anilines is 3. The Balaban J connectivity index is 1.50. The third kappa shape index (κ3) is 5.87. The van der Waals surface area contributed by atoms with Crippen LogP contribution in [0.25, 0.3) is 22.4 Å². The Morgan fingerprint density at radius 1 is 0.917 bits per heavy atom. The number of nitrogens with zero attached hydrogens (tertiary/aromatic N) is 2. The molecule has 0 atom stereocenters. The van der Waals surface area contributed by atoms with Crippen molar-refractivity contribution in [2.75, 3.05) is 16.0 Å². The van der Waals surface area contributed by atoms with Gasteiger partial charge in [0.15, 0.2) is 0 Å². The van der Waals surface area contributed by atoms with E-state index in [0.717, 1.165) is 28.8 Å². The number of rotatable bonds is 6. The molecule has 0 aliphatic rings. The lowest BCUT2D eigenvalue weighted by molar-refractivity contribution is -0.137. The summed E-state index contributed by atoms with van der Waals surface area (Å²) in [6.45, 7) is 1.75. The van der Waals surface area contributed by atoms with E-state index >= 15 is 0 Å². The minimum Gasteiger partial charge on any atom is -0.311 e. The Kier molecular flexibility index (Phi) is 7.00. The molecule has 2 aromatic carbocycles. The molecule has 0 bridgehead atoms. The molecule has 0 radical (unpaired) electrons. The number of pyridine rings is 1. The highest BCUT2D eigenvalue weighted by Crippen LogP contribution is 2.32. The highest BCUT2D eigenvalue weighted by molar-refractivity contribution is 6.00. The average Bonchev–Trinajstić information content (AvgIpc) is 3.34. The topological polar surface area (TPSA) is 112 Å². The number of amides is 3. The molecule has 3 amide bonds. The zero-order chi connectivity index (χ0) is 25.7. The summed E-state index contributed by atoms with van der Waals surface area (Å²) in [7, 11) is 0. The van der Waals surface area contributed by atoms with Gasteiger partial charge in [-0.2, -0.15) is 18.3 Å². The van der Waals surface area contributed by atoms with Crippen LogP contribution in [0, 0.1) is 0 Å². The molecule has 4 aromatic rings. The van der Waals surface area contributed by atoms with Crippen LogP contribution in [0.2, 0.25) is 0 Å². The molecule has 0 spiro atoms. The van der Waals surface area contributed by atoms with E-state index in [2.05, 4.69) is 31.1 Å². The van der Waals surface area contributed by atoms with Crippen LogP contribution < -0.4 is 16.0 Å². The van der Waals surface area contributed by atoms with Gasteiger partial charge in [-0.25, -0.2) is 9.78 Å². The summed E-state index contributed by atoms with van der Waals surface area (Å²) < 4.78 is 38.2. The van der Waals surface area contributed by atoms with Gasteiger partial charge in [-0.05, 0) is 54.1 Å². The molecule has 4 rings (SSSR count). The van der Waals surface area contributed by atoms with Gasteiger partial charge in [0.25, 0.3) is 0 Å². The van der Waals surface area contributed by atoms with Gasteiger partial charge in [-0.3, -0.25) is 9.89 Å². The second kappa shape index (κ2) is 10.3. The van der Waals surface area contributed by atoms with Crippen LogP contribution in [0.5, 0.6) is 0 Å². The summed E-state index contributed by atoms with van der Waals surface area (Å²) in [6.07, 6.45) is -0.891. The van der Waals surface area contributed by atoms with E-state index in [0.29, 0.717) is 23.6 Å². The Labute approximate surface area is 204 Å². The second-order valence-corrected chi connectivity index (χ2v) is 7.73. The van der Waals surface area contributed by atoms with E-state index < -0.39 is 17.8 Å². The molecular formula is C25H21F3N6O2. The summed E-state index contributed by atoms with van der Waals surface area (Å²) in [5.74, 6) is 0.266. The SMILES string of the molecule is CCC(=O)Nc1cc(-c2cn[nH]c2-c2cccc(NC(=O)Nc3ccc(C(F)(F)F)cc3)c2)ccn1. The summed E-state index contributed by atoms with van der Waals surface area (Å²) in [5.41, 5.74) is 2.82. The van der Waals surface area contributed by atoms with Gasteiger partial charge in [-0.1, -0.05) is 19.1 Å². The zero-order valence-corrected chi connectivity index (χ0v) is 19.0. The summed E-state index contributed by atoms with van der Waals surface area (Å²) >= 11 is 0. The number of carbonyl (C=O) groups is 2. The molecule has 0 saturated heterocycles. The predicted molar refractivity (Wildman–Crippen MR) is 130 cm³/mol. The highest BCUT2D eigenvalue weighted by Gasteiger charge is 2.30. The number of benzene rings is 2. The van der Waals surface area contributed by atoms with Crippen LogP contribution in [-0.4, -0.2) is 27.1 Å². The Morgan fingerprint density at radius 3 is 2.39 bits per heavy atom. The number of hydrogen-bond donors (Lipinski definition) is 4. The first kappa shape index (κ1) is 24.5. The van der Waals surface area contributed by atoms with Gasteiger partial charge in [0, 0.05) is 35.1 Å². The summed E-state index contributed by atoms with van der Waals surface area (Å²) in [6, 6.07) is 14.1. The highest BCUT2D eigenvalue weighted by atomic mass is 19.4. The molecule has 0 aliphatic heterocycles. The number of urea groups is 1. The molecule has 4 N–H and O–H groups in total. The second-order valence-electron chi connectivity index (χ2n) is 7.73. The van der Waals surface area contributed by atoms with Gasteiger partial charge in [0.2, 0.25) is 5.91 Å². The van der Waals surface area contributed by atoms with Crippen LogP contribution in [0.15, 0.2) is 73.1 Å². The molecule has 0 fully saturated rings. The van der Waals surface area contributed by atoms with Crippen LogP contribution in [0.1, 0.15) is 18.9 Å². The number of hydrogen-bond acceptors (Lipinski definition) is 4. The third-order valence-electron chi connectivity index (χ3n) is 5.18. The summed E-state index contributed by atoms with van der Waals surface area (Å²) in [4.78, 5) is 28.3. The standard InChI is InChI=1S/C25H21F3N6O2/c1-2-22(35)33-21-13-15(10-11-29-21)20-14-30-34-23(20)16-4-3-5-19(12-16)32-24(36)31-18-8-6-17(7-9-18)25(26,27)28/h3-14H,2H2,1H3,(H,30,34)(H,29,33,35)(H2,31,32,36). The zero-order valence-electron chi connectivity index (χ0n) is 19.0. The number of halogens is 3. The Bertz CT molecular complexity index is 1380. The molecule has 11 heteroatoms. The van der Waals surface area contributed by atoms with Crippen LogP contribution >= 0.6 is 0 Å². The molecule has 0 saturated carbocycles. The molecule has 8 nitrogen and oxygen atoms in total. The molecular weight excluding hydrogens is 473 g/mol. The van der Waals surface area contributed by atoms with Crippen molar-refractivity contribution in [1.82, 2.24) is 15.2 Å². The lowest BCUT2D eigenvalue weighted by Crippen LogP contribution is -2.19. The molecule has 2 aromatic heterocycles. The normalized spacial score (nSPS) is 11.1. The van der Waals surface area contributed by atoms with Gasteiger partial charge >= 0.3 is 12.2 Å². The van der Waals surface area contributed by atoms with Crippen molar-refractivity contribution in [2.24, 2.45) is 0 Å². The predicted octanol–water partition coefficient (Wildman–Crippen LogP) is 6.15. The summed E-state index contributed by atoms with van der Waals surface area (Å²) in [5, 5.41) is 15.0. The third-order valence-corrected chi connectivity index (χ3v) is 5.18. The van der Waals surface area contributed by atoms with Gasteiger partial charge in [-0.15, -0.1) is 0 Å². The van der Waals surface area contributed by atoms with Crippen LogP contribution in [0.4, 0.5) is 35.2 Å². The van der Waals surface area contributed by atoms with Crippen LogP contribution in [0.3, 0.4) is 0 Å². The number of aromatic nitrogens is 3. The number of carbonyl (C=O) groups excluding carboxylic acids is 2. The van der Waals surface area contributed by atoms with Crippen molar-refractivity contribution in [3.05, 3.63) is 78.6 Å². The van der Waals surface area contributed by atoms with E-state index in [1.54, 1.807) is 49.6 Å². The van der Waals surface area contributed by atoms with Gasteiger partial charge < -0.3 is 16.0 Å². The Morgan fingerprint density at radius 2 is 1.67 bits per heavy atom. The lowest BCUT2D eigenvalue weighted by atomic mass is 10.0.